The molecule has 0 amide bonds. The molecule has 0 unspecified atom stereocenters. The summed E-state index contributed by atoms with van der Waals surface area (Å²) in [5.74, 6) is 0. The second-order valence-corrected chi connectivity index (χ2v) is 33.5. The zero-order chi connectivity index (χ0) is 18.5. The van der Waals surface area contributed by atoms with Crippen LogP contribution >= 0.6 is 0 Å². The van der Waals surface area contributed by atoms with E-state index in [4.69, 9.17) is 0 Å². The molecule has 0 N–H and O–H groups in total. The van der Waals surface area contributed by atoms with Crippen LogP contribution in [0.2, 0.25) is 44.5 Å². The molecule has 0 aliphatic rings. The normalized spacial score (nSPS) is 9.45. The Labute approximate surface area is 166 Å². The van der Waals surface area contributed by atoms with Gasteiger partial charge in [0.2, 0.25) is 0 Å². The minimum atomic E-state index is -0.543. The van der Waals surface area contributed by atoms with Crippen molar-refractivity contribution in [1.82, 2.24) is 0 Å². The van der Waals surface area contributed by atoms with Crippen molar-refractivity contribution < 1.29 is 0 Å². The van der Waals surface area contributed by atoms with Crippen molar-refractivity contribution in [2.24, 2.45) is 0 Å². The molecule has 4 heteroatoms. The van der Waals surface area contributed by atoms with Crippen LogP contribution in [0.25, 0.3) is 0 Å². The molecule has 0 nitrogen and oxygen atoms in total. The van der Waals surface area contributed by atoms with Gasteiger partial charge in [-0.1, -0.05) is 34.0 Å². The Balaban J connectivity index is -0.000000253. The molecular weight excluding hydrogens is 600 g/mol. The van der Waals surface area contributed by atoms with Gasteiger partial charge in [0.15, 0.2) is 0 Å². The fourth-order valence-electron chi connectivity index (χ4n) is 1.18. The summed E-state index contributed by atoms with van der Waals surface area (Å²) in [4.78, 5) is 21.3. The predicted octanol–water partition coefficient (Wildman–Crippen LogP) is 5.52. The summed E-state index contributed by atoms with van der Waals surface area (Å²) in [7, 11) is 3.56. The van der Waals surface area contributed by atoms with E-state index in [1.807, 2.05) is 0 Å². The van der Waals surface area contributed by atoms with Crippen molar-refractivity contribution in [3.05, 3.63) is 28.8 Å². The van der Waals surface area contributed by atoms with Gasteiger partial charge in [0.1, 0.15) is 0 Å². The van der Waals surface area contributed by atoms with Crippen molar-refractivity contribution in [1.29, 1.82) is 0 Å². The van der Waals surface area contributed by atoms with Crippen LogP contribution in [-0.4, -0.2) is 69.5 Å². The molecule has 6 radical (unpaired) electrons. The zero-order valence-electron chi connectivity index (χ0n) is 17.2. The third-order valence-electron chi connectivity index (χ3n) is 1.68. The van der Waals surface area contributed by atoms with Gasteiger partial charge >= 0.3 is 104 Å². The Kier molecular flexibility index (Phi) is 23.0. The van der Waals surface area contributed by atoms with Gasteiger partial charge < -0.3 is 0 Å². The zero-order valence-corrected chi connectivity index (χ0v) is 26.7. The summed E-state index contributed by atoms with van der Waals surface area (Å²) in [5, 5.41) is 1.23. The first-order valence-electron chi connectivity index (χ1n) is 7.90. The Morgan fingerprint density at radius 1 is 0.591 bits per heavy atom. The van der Waals surface area contributed by atoms with Crippen LogP contribution in [-0.2, 0) is 0 Å². The molecule has 0 aliphatic carbocycles. The average Bonchev–Trinajstić information content (AvgIpc) is 2.23. The van der Waals surface area contributed by atoms with Gasteiger partial charge in [-0.3, -0.25) is 0 Å². The van der Waals surface area contributed by atoms with Crippen LogP contribution in [0.3, 0.4) is 0 Å². The fourth-order valence-corrected chi connectivity index (χ4v) is 1.32. The van der Waals surface area contributed by atoms with Crippen molar-refractivity contribution in [2.75, 3.05) is 0 Å². The molecule has 0 atom stereocenters. The van der Waals surface area contributed by atoms with Crippen molar-refractivity contribution in [2.45, 2.75) is 65.2 Å². The fraction of sp³-hybridized carbons (Fsp3) is 0.667. The Hall–Kier alpha value is 1.83. The van der Waals surface area contributed by atoms with E-state index in [1.54, 1.807) is 0 Å². The maximum atomic E-state index is 3.56. The van der Waals surface area contributed by atoms with E-state index >= 15 is 0 Å². The summed E-state index contributed by atoms with van der Waals surface area (Å²) >= 11 is -1.63. The van der Waals surface area contributed by atoms with Gasteiger partial charge in [0.05, 0.1) is 10.2 Å². The summed E-state index contributed by atoms with van der Waals surface area (Å²) < 4.78 is 0. The van der Waals surface area contributed by atoms with Gasteiger partial charge in [0.25, 0.3) is 0 Å². The molecule has 0 spiro atoms. The number of rotatable bonds is 0. The second kappa shape index (κ2) is 17.6. The molecule has 1 rings (SSSR count). The predicted molar refractivity (Wildman–Crippen MR) is 116 cm³/mol. The monoisotopic (exact) mass is 642 g/mol. The summed E-state index contributed by atoms with van der Waals surface area (Å²) in [6.07, 6.45) is 0. The first-order chi connectivity index (χ1) is 9.81. The first-order valence-corrected chi connectivity index (χ1v) is 34.1. The molecule has 0 fully saturated rings. The quantitative estimate of drug-likeness (QED) is 0.329. The molecule has 1 aromatic carbocycles. The van der Waals surface area contributed by atoms with Crippen LogP contribution in [0.1, 0.15) is 16.7 Å². The Morgan fingerprint density at radius 3 is 0.955 bits per heavy atom. The first kappa shape index (κ1) is 28.6. The number of benzene rings is 1. The van der Waals surface area contributed by atoms with Crippen LogP contribution < -0.4 is 5.19 Å². The van der Waals surface area contributed by atoms with Crippen LogP contribution in [0.5, 0.6) is 0 Å². The second-order valence-electron chi connectivity index (χ2n) is 7.27. The van der Waals surface area contributed by atoms with Crippen molar-refractivity contribution in [3.8, 4) is 0 Å². The van der Waals surface area contributed by atoms with E-state index in [0.29, 0.717) is 0 Å². The van der Waals surface area contributed by atoms with E-state index < -0.39 is 59.3 Å². The Morgan fingerprint density at radius 2 is 0.773 bits per heavy atom. The SMILES string of the molecule is Cc1cc(C)c([Si])c(C)c1.[CH3][Sn]([CH3])[CH3].[CH3][Sn]([CH3])[CH3].[CH3][Sn]([CH3])[CH3]. The third kappa shape index (κ3) is 29.8. The van der Waals surface area contributed by atoms with Gasteiger partial charge in [0, 0.05) is 0 Å². The van der Waals surface area contributed by atoms with Crippen LogP contribution in [0, 0.1) is 20.8 Å². The third-order valence-corrected chi connectivity index (χ3v) is 2.47. The molecule has 126 valence electrons. The summed E-state index contributed by atoms with van der Waals surface area (Å²) in [6.45, 7) is 6.34. The van der Waals surface area contributed by atoms with Gasteiger partial charge in [-0.25, -0.2) is 0 Å². The topological polar surface area (TPSA) is 0 Å². The molecule has 0 saturated heterocycles. The summed E-state index contributed by atoms with van der Waals surface area (Å²) in [6, 6.07) is 4.35. The number of hydrogen-bond acceptors (Lipinski definition) is 0. The molecule has 0 aliphatic heterocycles. The van der Waals surface area contributed by atoms with E-state index in [2.05, 4.69) is 87.6 Å². The molecule has 0 heterocycles. The van der Waals surface area contributed by atoms with Gasteiger partial charge in [-0.2, -0.15) is 0 Å². The minimum absolute atomic E-state index is 0.543. The molecule has 0 saturated carbocycles. The molecule has 0 aromatic heterocycles. The number of hydrogen-bond donors (Lipinski definition) is 0. The molecule has 22 heavy (non-hydrogen) atoms. The Bertz CT molecular complexity index is 329. The van der Waals surface area contributed by atoms with E-state index in [-0.39, 0.29) is 0 Å². The van der Waals surface area contributed by atoms with Crippen LogP contribution in [0.4, 0.5) is 0 Å². The maximum absolute atomic E-state index is 3.56. The average molecular weight is 639 g/mol. The molecular formula is C18H38SiSn3. The summed E-state index contributed by atoms with van der Waals surface area (Å²) in [5.41, 5.74) is 3.96. The van der Waals surface area contributed by atoms with E-state index in [9.17, 15) is 0 Å². The van der Waals surface area contributed by atoms with Crippen LogP contribution in [0.15, 0.2) is 12.1 Å². The van der Waals surface area contributed by atoms with E-state index in [0.717, 1.165) is 0 Å². The standard InChI is InChI=1S/C9H11Si.9CH3.3Sn/c1-6-4-7(2)9(10)8(3)5-6;;;;;;;;;;;;/h4-5H,1-3H3;9*1H3;;;. The molecule has 0 bridgehead atoms. The van der Waals surface area contributed by atoms with Crippen molar-refractivity contribution >= 4 is 74.7 Å². The number of aryl methyl sites for hydroxylation is 3. The van der Waals surface area contributed by atoms with Gasteiger partial charge in [-0.15, -0.1) is 0 Å². The van der Waals surface area contributed by atoms with Gasteiger partial charge in [-0.05, 0) is 20.8 Å². The molecule has 1 aromatic rings. The van der Waals surface area contributed by atoms with E-state index in [1.165, 1.54) is 21.9 Å². The van der Waals surface area contributed by atoms with Crippen molar-refractivity contribution in [3.63, 3.8) is 0 Å².